The van der Waals surface area contributed by atoms with Gasteiger partial charge in [-0.25, -0.2) is 4.98 Å². The van der Waals surface area contributed by atoms with Crippen LogP contribution in [0.5, 0.6) is 0 Å². The Labute approximate surface area is 301 Å². The van der Waals surface area contributed by atoms with Crippen molar-refractivity contribution in [2.24, 2.45) is 0 Å². The molecule has 0 unspecified atom stereocenters. The number of piperidine rings is 1. The number of likely N-dealkylation sites (tertiary alicyclic amines) is 1. The van der Waals surface area contributed by atoms with Crippen LogP contribution in [0.25, 0.3) is 11.2 Å². The molecule has 3 aromatic heterocycles. The number of aromatic nitrogens is 8. The number of fused-ring (bicyclic) bond motifs is 1. The molecule has 3 aromatic carbocycles. The van der Waals surface area contributed by atoms with Crippen molar-refractivity contribution in [3.8, 4) is 0 Å². The third kappa shape index (κ3) is 7.37. The quantitative estimate of drug-likeness (QED) is 0.137. The van der Waals surface area contributed by atoms with Crippen LogP contribution in [-0.4, -0.2) is 99.8 Å². The predicted octanol–water partition coefficient (Wildman–Crippen LogP) is 3.99. The summed E-state index contributed by atoms with van der Waals surface area (Å²) in [6, 6.07) is 30.5. The summed E-state index contributed by atoms with van der Waals surface area (Å²) in [5.74, 6) is 1.21. The molecule has 4 N–H and O–H groups in total. The van der Waals surface area contributed by atoms with E-state index in [1.807, 2.05) is 66.7 Å². The van der Waals surface area contributed by atoms with Crippen molar-refractivity contribution < 1.29 is 14.9 Å². The smallest absolute Gasteiger partial charge is 0.226 e. The topological polar surface area (TPSA) is 164 Å². The summed E-state index contributed by atoms with van der Waals surface area (Å²) in [5.41, 5.74) is 4.32. The van der Waals surface area contributed by atoms with E-state index in [0.717, 1.165) is 25.2 Å². The zero-order valence-electron chi connectivity index (χ0n) is 28.8. The van der Waals surface area contributed by atoms with Crippen LogP contribution in [-0.2, 0) is 11.3 Å². The molecule has 4 atom stereocenters. The summed E-state index contributed by atoms with van der Waals surface area (Å²) in [6.45, 7) is 4.69. The summed E-state index contributed by atoms with van der Waals surface area (Å²) in [7, 11) is 0. The summed E-state index contributed by atoms with van der Waals surface area (Å²) in [6.07, 6.45) is 0.628. The SMILES string of the molecule is O[C@@H]1[C@H](O)[C@@H](c2nnn(Cc3ccccc3)n2)O[C@H]1n1cnc2c(NCC(c3ccccc3)c3ccccc3)nc(NCCN3CCCCC3)nc21. The van der Waals surface area contributed by atoms with Crippen LogP contribution in [0.15, 0.2) is 97.3 Å². The van der Waals surface area contributed by atoms with Crippen molar-refractivity contribution in [2.75, 3.05) is 43.4 Å². The van der Waals surface area contributed by atoms with E-state index in [4.69, 9.17) is 19.7 Å². The van der Waals surface area contributed by atoms with E-state index in [2.05, 4.69) is 55.2 Å². The molecule has 0 radical (unpaired) electrons. The van der Waals surface area contributed by atoms with Gasteiger partial charge in [-0.1, -0.05) is 97.4 Å². The van der Waals surface area contributed by atoms with Crippen molar-refractivity contribution in [3.63, 3.8) is 0 Å². The van der Waals surface area contributed by atoms with Gasteiger partial charge in [0, 0.05) is 25.6 Å². The largest absolute Gasteiger partial charge is 0.387 e. The number of aliphatic hydroxyl groups is 2. The van der Waals surface area contributed by atoms with E-state index < -0.39 is 24.5 Å². The molecule has 268 valence electrons. The third-order valence-electron chi connectivity index (χ3n) is 9.86. The lowest BCUT2D eigenvalue weighted by Gasteiger charge is -2.26. The monoisotopic (exact) mass is 701 g/mol. The Morgan fingerprint density at radius 2 is 1.50 bits per heavy atom. The van der Waals surface area contributed by atoms with E-state index in [9.17, 15) is 10.2 Å². The highest BCUT2D eigenvalue weighted by Crippen LogP contribution is 2.39. The number of rotatable bonds is 13. The van der Waals surface area contributed by atoms with Gasteiger partial charge in [0.2, 0.25) is 11.8 Å². The third-order valence-corrected chi connectivity index (χ3v) is 9.86. The Morgan fingerprint density at radius 1 is 0.808 bits per heavy atom. The van der Waals surface area contributed by atoms with Crippen LogP contribution in [0, 0.1) is 0 Å². The maximum atomic E-state index is 11.3. The minimum absolute atomic E-state index is 0.0451. The molecular weight excluding hydrogens is 658 g/mol. The van der Waals surface area contributed by atoms with Crippen LogP contribution in [0.3, 0.4) is 0 Å². The van der Waals surface area contributed by atoms with Crippen LogP contribution in [0.2, 0.25) is 0 Å². The van der Waals surface area contributed by atoms with Gasteiger partial charge in [0.15, 0.2) is 29.3 Å². The summed E-state index contributed by atoms with van der Waals surface area (Å²) in [4.78, 5) is 18.4. The van der Waals surface area contributed by atoms with Crippen molar-refractivity contribution in [2.45, 2.75) is 56.3 Å². The fourth-order valence-corrected chi connectivity index (χ4v) is 7.10. The van der Waals surface area contributed by atoms with Gasteiger partial charge in [0.05, 0.1) is 12.9 Å². The highest BCUT2D eigenvalue weighted by atomic mass is 16.6. The lowest BCUT2D eigenvalue weighted by atomic mass is 9.91. The second kappa shape index (κ2) is 15.5. The van der Waals surface area contributed by atoms with Gasteiger partial charge in [0.1, 0.15) is 12.2 Å². The minimum Gasteiger partial charge on any atom is -0.387 e. The molecule has 8 rings (SSSR count). The van der Waals surface area contributed by atoms with Crippen LogP contribution in [0.1, 0.15) is 60.0 Å². The average molecular weight is 702 g/mol. The molecule has 2 aliphatic heterocycles. The molecule has 52 heavy (non-hydrogen) atoms. The van der Waals surface area contributed by atoms with Crippen LogP contribution < -0.4 is 10.6 Å². The second-order valence-corrected chi connectivity index (χ2v) is 13.4. The molecule has 2 fully saturated rings. The fourth-order valence-electron chi connectivity index (χ4n) is 7.10. The highest BCUT2D eigenvalue weighted by Gasteiger charge is 2.47. The number of ether oxygens (including phenoxy) is 1. The molecule has 6 aromatic rings. The second-order valence-electron chi connectivity index (χ2n) is 13.4. The Bertz CT molecular complexity index is 2000. The molecular formula is C38H43N11O3. The molecule has 2 saturated heterocycles. The van der Waals surface area contributed by atoms with E-state index in [1.165, 1.54) is 35.2 Å². The Morgan fingerprint density at radius 3 is 2.21 bits per heavy atom. The molecule has 0 aliphatic carbocycles. The van der Waals surface area contributed by atoms with E-state index >= 15 is 0 Å². The van der Waals surface area contributed by atoms with Crippen molar-refractivity contribution in [1.82, 2.24) is 44.6 Å². The number of nitrogens with one attached hydrogen (secondary N) is 2. The Balaban J connectivity index is 1.07. The Hall–Kier alpha value is -5.28. The maximum absolute atomic E-state index is 11.3. The van der Waals surface area contributed by atoms with E-state index in [1.54, 1.807) is 10.9 Å². The standard InChI is InChI=1S/C38H43N11O3/c50-31-32(51)37(52-33(31)35-44-46-49(45-35)24-26-13-5-1-6-14-26)48-25-41-30-34(42-38(43-36(30)48)39-19-22-47-20-11-4-12-21-47)40-23-29(27-15-7-2-8-16-27)28-17-9-3-10-18-28/h1-3,5-10,13-18,25,29,31-33,37,50-51H,4,11-12,19-24H2,(H2,39,40,42,43)/t31-,32+,33-,37+/m0/s1. The van der Waals surface area contributed by atoms with Gasteiger partial charge >= 0.3 is 0 Å². The van der Waals surface area contributed by atoms with Gasteiger partial charge in [-0.05, 0) is 47.8 Å². The van der Waals surface area contributed by atoms with Gasteiger partial charge in [-0.15, -0.1) is 10.2 Å². The molecule has 14 heteroatoms. The fraction of sp³-hybridized carbons (Fsp3) is 0.368. The summed E-state index contributed by atoms with van der Waals surface area (Å²) in [5, 5.41) is 42.3. The zero-order valence-corrected chi connectivity index (χ0v) is 28.8. The molecule has 0 saturated carbocycles. The van der Waals surface area contributed by atoms with Crippen LogP contribution in [0.4, 0.5) is 11.8 Å². The number of tetrazole rings is 1. The first-order valence-electron chi connectivity index (χ1n) is 18.0. The lowest BCUT2D eigenvalue weighted by molar-refractivity contribution is -0.0384. The summed E-state index contributed by atoms with van der Waals surface area (Å²) < 4.78 is 7.92. The molecule has 2 aliphatic rings. The first kappa shape index (κ1) is 33.8. The van der Waals surface area contributed by atoms with Crippen molar-refractivity contribution in [1.29, 1.82) is 0 Å². The van der Waals surface area contributed by atoms with Crippen LogP contribution >= 0.6 is 0 Å². The maximum Gasteiger partial charge on any atom is 0.226 e. The first-order chi connectivity index (χ1) is 25.6. The molecule has 14 nitrogen and oxygen atoms in total. The normalized spacial score (nSPS) is 20.8. The van der Waals surface area contributed by atoms with Crippen molar-refractivity contribution >= 4 is 22.9 Å². The molecule has 0 amide bonds. The number of nitrogens with zero attached hydrogens (tertiary/aromatic N) is 9. The molecule has 0 bridgehead atoms. The molecule has 0 spiro atoms. The number of aliphatic hydroxyl groups excluding tert-OH is 2. The van der Waals surface area contributed by atoms with E-state index in [0.29, 0.717) is 42.6 Å². The highest BCUT2D eigenvalue weighted by molar-refractivity contribution is 5.84. The molecule has 5 heterocycles. The van der Waals surface area contributed by atoms with Crippen molar-refractivity contribution in [3.05, 3.63) is 120 Å². The zero-order chi connectivity index (χ0) is 35.3. The minimum atomic E-state index is -1.31. The average Bonchev–Trinajstić information content (AvgIpc) is 3.91. The van der Waals surface area contributed by atoms with Gasteiger partial charge in [-0.3, -0.25) is 4.57 Å². The number of benzene rings is 3. The number of hydrogen-bond donors (Lipinski definition) is 4. The van der Waals surface area contributed by atoms with Gasteiger partial charge in [0.25, 0.3) is 0 Å². The predicted molar refractivity (Wildman–Crippen MR) is 196 cm³/mol. The van der Waals surface area contributed by atoms with Gasteiger partial charge in [-0.2, -0.15) is 14.8 Å². The number of hydrogen-bond acceptors (Lipinski definition) is 12. The lowest BCUT2D eigenvalue weighted by Crippen LogP contribution is -2.34. The summed E-state index contributed by atoms with van der Waals surface area (Å²) >= 11 is 0. The first-order valence-corrected chi connectivity index (χ1v) is 18.0. The Kier molecular flexibility index (Phi) is 10.1. The number of imidazole rings is 1. The van der Waals surface area contributed by atoms with E-state index in [-0.39, 0.29) is 11.7 Å². The van der Waals surface area contributed by atoms with Gasteiger partial charge < -0.3 is 30.5 Å². The number of anilines is 2.